The fourth-order valence-corrected chi connectivity index (χ4v) is 4.14. The molecule has 2 aromatic rings. The second-order valence-electron chi connectivity index (χ2n) is 6.46. The van der Waals surface area contributed by atoms with Crippen LogP contribution >= 0.6 is 15.9 Å². The summed E-state index contributed by atoms with van der Waals surface area (Å²) in [6.45, 7) is 0.671. The van der Waals surface area contributed by atoms with E-state index in [0.717, 1.165) is 29.9 Å². The van der Waals surface area contributed by atoms with Crippen LogP contribution in [0.4, 0.5) is 0 Å². The summed E-state index contributed by atoms with van der Waals surface area (Å²) >= 11 is 3.45. The fraction of sp³-hybridized carbons (Fsp3) is 0.381. The van der Waals surface area contributed by atoms with Gasteiger partial charge in [0.2, 0.25) is 0 Å². The van der Waals surface area contributed by atoms with Gasteiger partial charge >= 0.3 is 0 Å². The first-order valence-corrected chi connectivity index (χ1v) is 9.77. The van der Waals surface area contributed by atoms with E-state index < -0.39 is 0 Å². The highest BCUT2D eigenvalue weighted by atomic mass is 79.9. The minimum atomic E-state index is -0.0850. The number of benzene rings is 2. The number of carbonyl (C=O) groups excluding carboxylic acids is 1. The molecule has 1 aliphatic heterocycles. The van der Waals surface area contributed by atoms with E-state index in [1.807, 2.05) is 23.1 Å². The summed E-state index contributed by atoms with van der Waals surface area (Å²) in [7, 11) is 6.39. The molecule has 0 aliphatic carbocycles. The quantitative estimate of drug-likeness (QED) is 0.651. The van der Waals surface area contributed by atoms with Gasteiger partial charge in [-0.15, -0.1) is 0 Å². The first kappa shape index (κ1) is 20.3. The summed E-state index contributed by atoms with van der Waals surface area (Å²) in [4.78, 5) is 15.2. The normalized spacial score (nSPS) is 16.0. The third-order valence-electron chi connectivity index (χ3n) is 5.00. The van der Waals surface area contributed by atoms with Gasteiger partial charge in [0.05, 0.1) is 34.5 Å². The molecule has 28 heavy (non-hydrogen) atoms. The number of likely N-dealkylation sites (tertiary alicyclic amines) is 1. The van der Waals surface area contributed by atoms with Crippen molar-refractivity contribution in [2.24, 2.45) is 0 Å². The number of carbonyl (C=O) groups is 1. The number of hydrogen-bond donors (Lipinski definition) is 0. The molecule has 1 amide bonds. The zero-order chi connectivity index (χ0) is 20.3. The van der Waals surface area contributed by atoms with Gasteiger partial charge < -0.3 is 23.8 Å². The molecule has 1 unspecified atom stereocenters. The first-order chi connectivity index (χ1) is 13.5. The monoisotopic (exact) mass is 449 g/mol. The van der Waals surface area contributed by atoms with Crippen LogP contribution in [0.2, 0.25) is 0 Å². The molecule has 1 atom stereocenters. The van der Waals surface area contributed by atoms with Gasteiger partial charge in [0.1, 0.15) is 27.5 Å². The zero-order valence-electron chi connectivity index (χ0n) is 16.5. The van der Waals surface area contributed by atoms with Crippen molar-refractivity contribution in [1.82, 2.24) is 4.90 Å². The predicted octanol–water partition coefficient (Wildman–Crippen LogP) is 4.46. The van der Waals surface area contributed by atoms with E-state index in [-0.39, 0.29) is 11.9 Å². The summed E-state index contributed by atoms with van der Waals surface area (Å²) < 4.78 is 22.4. The van der Waals surface area contributed by atoms with Crippen molar-refractivity contribution < 1.29 is 23.7 Å². The molecular formula is C21H24BrNO5. The first-order valence-electron chi connectivity index (χ1n) is 8.98. The van der Waals surface area contributed by atoms with E-state index >= 15 is 0 Å². The number of halogens is 1. The summed E-state index contributed by atoms with van der Waals surface area (Å²) in [5.41, 5.74) is 1.47. The Bertz CT molecular complexity index is 845. The second kappa shape index (κ2) is 8.73. The van der Waals surface area contributed by atoms with Gasteiger partial charge in [-0.25, -0.2) is 0 Å². The minimum Gasteiger partial charge on any atom is -0.497 e. The Morgan fingerprint density at radius 2 is 1.61 bits per heavy atom. The molecule has 7 heteroatoms. The number of methoxy groups -OCH3 is 4. The van der Waals surface area contributed by atoms with Gasteiger partial charge in [-0.05, 0) is 59.1 Å². The lowest BCUT2D eigenvalue weighted by Gasteiger charge is -2.27. The Labute approximate surface area is 173 Å². The lowest BCUT2D eigenvalue weighted by Crippen LogP contribution is -2.30. The molecule has 1 aliphatic rings. The summed E-state index contributed by atoms with van der Waals surface area (Å²) in [5, 5.41) is 0. The van der Waals surface area contributed by atoms with E-state index in [1.54, 1.807) is 40.6 Å². The van der Waals surface area contributed by atoms with Gasteiger partial charge in [0.15, 0.2) is 0 Å². The van der Waals surface area contributed by atoms with Crippen LogP contribution in [0, 0.1) is 0 Å². The Hall–Kier alpha value is -2.41. The number of nitrogens with zero attached hydrogens (tertiary/aromatic N) is 1. The number of hydrogen-bond acceptors (Lipinski definition) is 5. The average Bonchev–Trinajstić information content (AvgIpc) is 3.22. The van der Waals surface area contributed by atoms with Crippen LogP contribution in [-0.2, 0) is 0 Å². The summed E-state index contributed by atoms with van der Waals surface area (Å²) in [5.74, 6) is 2.52. The molecule has 150 valence electrons. The largest absolute Gasteiger partial charge is 0.497 e. The van der Waals surface area contributed by atoms with E-state index in [2.05, 4.69) is 15.9 Å². The van der Waals surface area contributed by atoms with Crippen molar-refractivity contribution in [1.29, 1.82) is 0 Å². The molecular weight excluding hydrogens is 426 g/mol. The topological polar surface area (TPSA) is 57.2 Å². The number of amides is 1. The molecule has 2 aromatic carbocycles. The van der Waals surface area contributed by atoms with Crippen molar-refractivity contribution >= 4 is 21.8 Å². The van der Waals surface area contributed by atoms with Crippen molar-refractivity contribution in [3.8, 4) is 23.0 Å². The minimum absolute atomic E-state index is 0.0727. The summed E-state index contributed by atoms with van der Waals surface area (Å²) in [6, 6.07) is 9.05. The molecule has 1 saturated heterocycles. The van der Waals surface area contributed by atoms with E-state index in [1.165, 1.54) is 0 Å². The van der Waals surface area contributed by atoms with Crippen LogP contribution in [0.3, 0.4) is 0 Å². The third-order valence-corrected chi connectivity index (χ3v) is 5.78. The van der Waals surface area contributed by atoms with Gasteiger partial charge in [-0.1, -0.05) is 0 Å². The average molecular weight is 450 g/mol. The van der Waals surface area contributed by atoms with Gasteiger partial charge in [-0.2, -0.15) is 0 Å². The highest BCUT2D eigenvalue weighted by molar-refractivity contribution is 9.10. The molecule has 0 N–H and O–H groups in total. The Morgan fingerprint density at radius 1 is 0.964 bits per heavy atom. The maximum atomic E-state index is 13.4. The highest BCUT2D eigenvalue weighted by Gasteiger charge is 2.33. The van der Waals surface area contributed by atoms with E-state index in [9.17, 15) is 4.79 Å². The van der Waals surface area contributed by atoms with Gasteiger partial charge in [-0.3, -0.25) is 4.79 Å². The van der Waals surface area contributed by atoms with E-state index in [4.69, 9.17) is 18.9 Å². The second-order valence-corrected chi connectivity index (χ2v) is 7.25. The number of rotatable bonds is 6. The smallest absolute Gasteiger partial charge is 0.254 e. The standard InChI is InChI=1S/C21H24BrNO5/c1-25-14-7-8-17(26-2)15(12-14)16-6-5-9-23(16)21(24)13-10-18(27-3)20(22)19(11-13)28-4/h7-8,10-12,16H,5-6,9H2,1-4H3. The van der Waals surface area contributed by atoms with Crippen LogP contribution < -0.4 is 18.9 Å². The Morgan fingerprint density at radius 3 is 2.18 bits per heavy atom. The molecule has 6 nitrogen and oxygen atoms in total. The molecule has 0 radical (unpaired) electrons. The van der Waals surface area contributed by atoms with Crippen LogP contribution in [-0.4, -0.2) is 45.8 Å². The molecule has 0 spiro atoms. The Balaban J connectivity index is 1.99. The van der Waals surface area contributed by atoms with E-state index in [0.29, 0.717) is 28.1 Å². The highest BCUT2D eigenvalue weighted by Crippen LogP contribution is 2.41. The lowest BCUT2D eigenvalue weighted by molar-refractivity contribution is 0.0733. The zero-order valence-corrected chi connectivity index (χ0v) is 18.0. The maximum absolute atomic E-state index is 13.4. The predicted molar refractivity (Wildman–Crippen MR) is 110 cm³/mol. The van der Waals surface area contributed by atoms with Crippen molar-refractivity contribution in [3.05, 3.63) is 45.9 Å². The SMILES string of the molecule is COc1ccc(OC)c(C2CCCN2C(=O)c2cc(OC)c(Br)c(OC)c2)c1. The van der Waals surface area contributed by atoms with Crippen LogP contribution in [0.15, 0.2) is 34.8 Å². The molecule has 0 aromatic heterocycles. The van der Waals surface area contributed by atoms with Crippen molar-refractivity contribution in [3.63, 3.8) is 0 Å². The van der Waals surface area contributed by atoms with Crippen LogP contribution in [0.25, 0.3) is 0 Å². The maximum Gasteiger partial charge on any atom is 0.254 e. The molecule has 0 bridgehead atoms. The van der Waals surface area contributed by atoms with Crippen LogP contribution in [0.1, 0.15) is 34.8 Å². The van der Waals surface area contributed by atoms with Crippen molar-refractivity contribution in [2.45, 2.75) is 18.9 Å². The van der Waals surface area contributed by atoms with Crippen molar-refractivity contribution in [2.75, 3.05) is 35.0 Å². The third kappa shape index (κ3) is 3.76. The molecule has 1 heterocycles. The molecule has 0 saturated carbocycles. The summed E-state index contributed by atoms with van der Waals surface area (Å²) in [6.07, 6.45) is 1.78. The Kier molecular flexibility index (Phi) is 6.34. The molecule has 3 rings (SSSR count). The lowest BCUT2D eigenvalue weighted by atomic mass is 10.0. The van der Waals surface area contributed by atoms with Crippen LogP contribution in [0.5, 0.6) is 23.0 Å². The molecule has 1 fully saturated rings. The van der Waals surface area contributed by atoms with Gasteiger partial charge in [0, 0.05) is 17.7 Å². The number of ether oxygens (including phenoxy) is 4. The fourth-order valence-electron chi connectivity index (χ4n) is 3.59. The van der Waals surface area contributed by atoms with Gasteiger partial charge in [0.25, 0.3) is 5.91 Å².